The van der Waals surface area contributed by atoms with Crippen LogP contribution in [-0.2, 0) is 103 Å². The maximum absolute atomic E-state index is 7.00. The van der Waals surface area contributed by atoms with Gasteiger partial charge in [0.05, 0.1) is 0 Å². The highest BCUT2D eigenvalue weighted by Gasteiger charge is 2.56. The van der Waals surface area contributed by atoms with Gasteiger partial charge in [0.25, 0.3) is 0 Å². The van der Waals surface area contributed by atoms with E-state index in [1.54, 1.807) is 0 Å². The Bertz CT molecular complexity index is 2670. The molecule has 0 unspecified atom stereocenters. The topological polar surface area (TPSA) is 231 Å². The summed E-state index contributed by atoms with van der Waals surface area (Å²) in [6.07, 6.45) is 0. The van der Waals surface area contributed by atoms with Crippen molar-refractivity contribution in [3.8, 4) is 0 Å². The molecule has 2 radical (unpaired) electrons. The fraction of sp³-hybridized carbons (Fsp3) is 1.00. The molecular formula is C52H156O25Si26. The van der Waals surface area contributed by atoms with Crippen LogP contribution in [0.4, 0.5) is 0 Å². The van der Waals surface area contributed by atoms with Gasteiger partial charge >= 0.3 is 205 Å². The summed E-state index contributed by atoms with van der Waals surface area (Å²) in [6.45, 7) is 107. The van der Waals surface area contributed by atoms with E-state index in [0.717, 1.165) is 0 Å². The maximum Gasteiger partial charge on any atom is 0.314 e. The van der Waals surface area contributed by atoms with Crippen LogP contribution in [-0.4, -0.2) is 224 Å². The summed E-state index contributed by atoms with van der Waals surface area (Å²) in [5.74, 6) is 0. The lowest BCUT2D eigenvalue weighted by molar-refractivity contribution is 0.245. The average molecular weight is 1910 g/mol. The van der Waals surface area contributed by atoms with Crippen LogP contribution in [0.3, 0.4) is 0 Å². The van der Waals surface area contributed by atoms with Gasteiger partial charge < -0.3 is 103 Å². The molecule has 0 rings (SSSR count). The van der Waals surface area contributed by atoms with E-state index in [2.05, 4.69) is 334 Å². The highest BCUT2D eigenvalue weighted by atomic mass is 28.6. The van der Waals surface area contributed by atoms with Crippen molar-refractivity contribution >= 4 is 224 Å². The van der Waals surface area contributed by atoms with Crippen molar-refractivity contribution in [1.29, 1.82) is 0 Å². The molecule has 0 bridgehead atoms. The minimum Gasteiger partial charge on any atom is -0.437 e. The number of rotatable bonds is 50. The molecule has 0 saturated carbocycles. The molecule has 0 aromatic rings. The third-order valence-electron chi connectivity index (χ3n) is 12.2. The molecule has 103 heavy (non-hydrogen) atoms. The summed E-state index contributed by atoms with van der Waals surface area (Å²) in [6, 6.07) is 0. The van der Waals surface area contributed by atoms with Crippen LogP contribution >= 0.6 is 0 Å². The van der Waals surface area contributed by atoms with Crippen LogP contribution in [0.25, 0.3) is 0 Å². The molecule has 0 aromatic heterocycles. The van der Waals surface area contributed by atoms with E-state index in [1.165, 1.54) is 0 Å². The zero-order valence-corrected chi connectivity index (χ0v) is 101. The van der Waals surface area contributed by atoms with Gasteiger partial charge in [-0.2, -0.15) is 0 Å². The Kier molecular flexibility index (Phi) is 38.1. The average Bonchev–Trinajstić information content (AvgIpc) is 0.656. The monoisotopic (exact) mass is 1910 g/mol. The number of hydrogen-bond donors (Lipinski definition) is 0. The van der Waals surface area contributed by atoms with Crippen molar-refractivity contribution in [2.75, 3.05) is 0 Å². The van der Waals surface area contributed by atoms with E-state index in [1.807, 2.05) is 6.55 Å². The normalized spacial score (nSPS) is 16.2. The Hall–Kier alpha value is 4.64. The predicted molar refractivity (Wildman–Crippen MR) is 482 cm³/mol. The molecule has 0 spiro atoms. The molecule has 0 aliphatic carbocycles. The standard InChI is InChI=1S/C52H156O25Si26/c1-78-53-80(5,6)55-82(9,10)57-84(13,14)59-86(17,18)61-88(21,22)63-90(25,26)65-92(29,30)67-94(33,34)69-96(37,38)71-98(41,42)73-100(45,46)75-102(49,50)77-103(51,52)76-101(47,48)74-99(43,44)72-97(39,40)70-95(35,36)68-93(31,32)66-91(27,28)64-89(23,24)62-87(19,20)60-85(15,16)58-83(11,12)56-81(7,8)54-79(2,3)4/h1-52H3. The third-order valence-corrected chi connectivity index (χ3v) is 110. The fourth-order valence-corrected chi connectivity index (χ4v) is 145. The summed E-state index contributed by atoms with van der Waals surface area (Å²) in [7, 11) is -68.4. The van der Waals surface area contributed by atoms with Crippen molar-refractivity contribution in [3.05, 3.63) is 0 Å². The highest BCUT2D eigenvalue weighted by Crippen LogP contribution is 2.37. The quantitative estimate of drug-likeness (QED) is 0.0515. The van der Waals surface area contributed by atoms with Gasteiger partial charge in [-0.15, -0.1) is 0 Å². The Balaban J connectivity index is 5.91. The predicted octanol–water partition coefficient (Wildman–Crippen LogP) is 18.7. The highest BCUT2D eigenvalue weighted by molar-refractivity contribution is 6.97. The Labute approximate surface area is 660 Å². The molecule has 25 nitrogen and oxygen atoms in total. The SMILES string of the molecule is C[Si]O[Si](C)(C)O[Si](C)(C)O[Si](C)(C)O[Si](C)(C)O[Si](C)(C)O[Si](C)(C)O[Si](C)(C)O[Si](C)(C)O[Si](C)(C)O[Si](C)(C)O[Si](C)(C)O[Si](C)(C)O[Si](C)(C)O[Si](C)(C)O[Si](C)(C)O[Si](C)(C)O[Si](C)(C)O[Si](C)(C)O[Si](C)(C)O[Si](C)(C)O[Si](C)(C)O[Si](C)(C)O[Si](C)(C)O[Si](C)(C)O[Si](C)(C)C. The van der Waals surface area contributed by atoms with Crippen molar-refractivity contribution in [1.82, 2.24) is 0 Å². The fourth-order valence-electron chi connectivity index (χ4n) is 15.1. The summed E-state index contributed by atoms with van der Waals surface area (Å²) in [5, 5.41) is 0. The van der Waals surface area contributed by atoms with E-state index in [-0.39, 0.29) is 0 Å². The lowest BCUT2D eigenvalue weighted by Gasteiger charge is -2.45. The minimum atomic E-state index is -2.91. The molecule has 51 heteroatoms. The van der Waals surface area contributed by atoms with Gasteiger partial charge in [0, 0.05) is 0 Å². The summed E-state index contributed by atoms with van der Waals surface area (Å²) >= 11 is 0. The van der Waals surface area contributed by atoms with Crippen molar-refractivity contribution in [2.45, 2.75) is 340 Å². The molecule has 0 aromatic carbocycles. The van der Waals surface area contributed by atoms with Crippen LogP contribution in [0.1, 0.15) is 0 Å². The molecule has 0 aliphatic rings. The molecule has 0 saturated heterocycles. The van der Waals surface area contributed by atoms with Gasteiger partial charge in [-0.05, 0) is 340 Å². The molecule has 0 fully saturated rings. The first-order valence-corrected chi connectivity index (χ1v) is 109. The van der Waals surface area contributed by atoms with Crippen LogP contribution in [0.5, 0.6) is 0 Å². The smallest absolute Gasteiger partial charge is 0.314 e. The van der Waals surface area contributed by atoms with Crippen LogP contribution in [0, 0.1) is 0 Å². The summed E-state index contributed by atoms with van der Waals surface area (Å²) < 4.78 is 171. The van der Waals surface area contributed by atoms with Crippen molar-refractivity contribution in [3.63, 3.8) is 0 Å². The summed E-state index contributed by atoms with van der Waals surface area (Å²) in [5.41, 5.74) is 0. The first-order chi connectivity index (χ1) is 44.0. The van der Waals surface area contributed by atoms with Gasteiger partial charge in [-0.3, -0.25) is 0 Å². The molecule has 0 atom stereocenters. The zero-order valence-electron chi connectivity index (χ0n) is 75.2. The van der Waals surface area contributed by atoms with Gasteiger partial charge in [0.1, 0.15) is 0 Å². The van der Waals surface area contributed by atoms with Crippen molar-refractivity contribution in [2.24, 2.45) is 0 Å². The number of hydrogen-bond acceptors (Lipinski definition) is 25. The summed E-state index contributed by atoms with van der Waals surface area (Å²) in [4.78, 5) is 0. The van der Waals surface area contributed by atoms with Gasteiger partial charge in [0.2, 0.25) is 9.76 Å². The molecule has 0 aliphatic heterocycles. The van der Waals surface area contributed by atoms with E-state index in [4.69, 9.17) is 103 Å². The Morgan fingerprint density at radius 3 is 0.243 bits per heavy atom. The first kappa shape index (κ1) is 108. The zero-order chi connectivity index (χ0) is 82.9. The second-order valence-electron chi connectivity index (χ2n) is 38.5. The third kappa shape index (κ3) is 50.1. The molecule has 0 amide bonds. The van der Waals surface area contributed by atoms with Gasteiger partial charge in [-0.1, -0.05) is 0 Å². The van der Waals surface area contributed by atoms with E-state index in [9.17, 15) is 0 Å². The van der Waals surface area contributed by atoms with E-state index < -0.39 is 214 Å². The Morgan fingerprint density at radius 1 is 0.107 bits per heavy atom. The molecule has 0 N–H and O–H groups in total. The lowest BCUT2D eigenvalue weighted by atomic mass is 11.8. The second kappa shape index (κ2) is 36.5. The minimum absolute atomic E-state index is 0.359. The van der Waals surface area contributed by atoms with Gasteiger partial charge in [-0.25, -0.2) is 0 Å². The van der Waals surface area contributed by atoms with Crippen molar-refractivity contribution < 1.29 is 103 Å². The first-order valence-electron chi connectivity index (χ1n) is 36.2. The van der Waals surface area contributed by atoms with Crippen LogP contribution in [0.2, 0.25) is 340 Å². The Morgan fingerprint density at radius 2 is 0.175 bits per heavy atom. The van der Waals surface area contributed by atoms with E-state index >= 15 is 0 Å². The van der Waals surface area contributed by atoms with Crippen LogP contribution < -0.4 is 0 Å². The van der Waals surface area contributed by atoms with E-state index in [0.29, 0.717) is 9.76 Å². The molecular weight excluding hydrogens is 1750 g/mol. The lowest BCUT2D eigenvalue weighted by Crippen LogP contribution is -2.63. The largest absolute Gasteiger partial charge is 0.437 e. The maximum atomic E-state index is 7.00. The van der Waals surface area contributed by atoms with Crippen LogP contribution in [0.15, 0.2) is 0 Å². The molecule has 0 heterocycles. The second-order valence-corrected chi connectivity index (χ2v) is 131. The molecule has 618 valence electrons. The van der Waals surface area contributed by atoms with Gasteiger partial charge in [0.15, 0.2) is 8.32 Å².